The number of hydrogen-bond acceptors (Lipinski definition) is 5. The molecule has 0 saturated heterocycles. The molecule has 1 heterocycles. The number of hydrogen-bond donors (Lipinski definition) is 1. The van der Waals surface area contributed by atoms with E-state index in [9.17, 15) is 4.79 Å². The van der Waals surface area contributed by atoms with Crippen LogP contribution in [0.5, 0.6) is 6.01 Å². The fourth-order valence-electron chi connectivity index (χ4n) is 1.43. The van der Waals surface area contributed by atoms with Crippen LogP contribution in [-0.4, -0.2) is 37.1 Å². The van der Waals surface area contributed by atoms with Gasteiger partial charge in [-0.2, -0.15) is 4.98 Å². The lowest BCUT2D eigenvalue weighted by atomic mass is 10.2. The number of amides is 1. The first-order valence-electron chi connectivity index (χ1n) is 5.96. The molecule has 18 heavy (non-hydrogen) atoms. The number of rotatable bonds is 6. The summed E-state index contributed by atoms with van der Waals surface area (Å²) in [6.07, 6.45) is 3.94. The average Bonchev–Trinajstić information content (AvgIpc) is 2.36. The fraction of sp³-hybridized carbons (Fsp3) is 0.583. The second-order valence-electron chi connectivity index (χ2n) is 4.14. The van der Waals surface area contributed by atoms with Gasteiger partial charge in [-0.15, -0.1) is 0 Å². The molecule has 6 heteroatoms. The van der Waals surface area contributed by atoms with E-state index in [1.54, 1.807) is 11.1 Å². The molecule has 0 aliphatic heterocycles. The van der Waals surface area contributed by atoms with E-state index in [1.165, 1.54) is 7.11 Å². The molecular weight excluding hydrogens is 232 g/mol. The molecule has 0 aliphatic rings. The summed E-state index contributed by atoms with van der Waals surface area (Å²) >= 11 is 0. The number of unbranched alkanes of at least 4 members (excludes halogenated alkanes) is 1. The van der Waals surface area contributed by atoms with Crippen molar-refractivity contribution in [2.45, 2.75) is 26.2 Å². The molecule has 0 saturated carbocycles. The van der Waals surface area contributed by atoms with E-state index in [0.717, 1.165) is 12.8 Å². The largest absolute Gasteiger partial charge is 0.467 e. The first kappa shape index (κ1) is 14.2. The third kappa shape index (κ3) is 3.87. The molecular formula is C12H20N4O2. The molecule has 0 fully saturated rings. The van der Waals surface area contributed by atoms with Gasteiger partial charge in [0.05, 0.1) is 13.3 Å². The van der Waals surface area contributed by atoms with Crippen LogP contribution >= 0.6 is 0 Å². The van der Waals surface area contributed by atoms with Crippen molar-refractivity contribution in [3.8, 4) is 6.01 Å². The van der Waals surface area contributed by atoms with Crippen molar-refractivity contribution in [3.63, 3.8) is 0 Å². The molecule has 0 aliphatic carbocycles. The summed E-state index contributed by atoms with van der Waals surface area (Å²) in [6, 6.07) is 0.283. The Labute approximate surface area is 107 Å². The van der Waals surface area contributed by atoms with Gasteiger partial charge in [0.25, 0.3) is 0 Å². The van der Waals surface area contributed by atoms with Crippen LogP contribution in [0.2, 0.25) is 0 Å². The molecule has 0 aromatic carbocycles. The van der Waals surface area contributed by atoms with E-state index in [2.05, 4.69) is 22.2 Å². The highest BCUT2D eigenvalue weighted by atomic mass is 16.5. The summed E-state index contributed by atoms with van der Waals surface area (Å²) in [5, 5.41) is 2.82. The monoisotopic (exact) mass is 252 g/mol. The smallest absolute Gasteiger partial charge is 0.318 e. The zero-order chi connectivity index (χ0) is 13.5. The van der Waals surface area contributed by atoms with Gasteiger partial charge < -0.3 is 15.0 Å². The minimum Gasteiger partial charge on any atom is -0.467 e. The summed E-state index contributed by atoms with van der Waals surface area (Å²) in [4.78, 5) is 21.7. The lowest BCUT2D eigenvalue weighted by Crippen LogP contribution is -2.18. The van der Waals surface area contributed by atoms with E-state index in [-0.39, 0.29) is 11.9 Å². The first-order chi connectivity index (χ1) is 8.58. The van der Waals surface area contributed by atoms with Crippen LogP contribution < -0.4 is 15.0 Å². The molecule has 1 N–H and O–H groups in total. The van der Waals surface area contributed by atoms with Crippen molar-refractivity contribution in [2.24, 2.45) is 0 Å². The molecule has 100 valence electrons. The van der Waals surface area contributed by atoms with Gasteiger partial charge in [0.1, 0.15) is 5.69 Å². The summed E-state index contributed by atoms with van der Waals surface area (Å²) in [5.74, 6) is 0.611. The average molecular weight is 252 g/mol. The Morgan fingerprint density at radius 3 is 2.78 bits per heavy atom. The molecule has 0 spiro atoms. The predicted molar refractivity (Wildman–Crippen MR) is 71.1 cm³/mol. The number of nitrogens with one attached hydrogen (secondary N) is 1. The number of anilines is 2. The van der Waals surface area contributed by atoms with E-state index in [4.69, 9.17) is 4.74 Å². The van der Waals surface area contributed by atoms with Gasteiger partial charge in [-0.05, 0) is 6.42 Å². The number of methoxy groups -OCH3 is 1. The Balaban J connectivity index is 2.84. The Hall–Kier alpha value is -1.85. The molecule has 1 rings (SSSR count). The number of ether oxygens (including phenoxy) is 1. The van der Waals surface area contributed by atoms with E-state index in [1.807, 2.05) is 14.1 Å². The standard InChI is InChI=1S/C12H20N4O2/c1-5-6-7-10(17)14-9-8-13-12(18-4)15-11(9)16(2)3/h8H,5-7H2,1-4H3,(H,14,17). The second-order valence-corrected chi connectivity index (χ2v) is 4.14. The van der Waals surface area contributed by atoms with Gasteiger partial charge in [-0.1, -0.05) is 13.3 Å². The molecule has 1 aromatic heterocycles. The van der Waals surface area contributed by atoms with E-state index >= 15 is 0 Å². The van der Waals surface area contributed by atoms with Gasteiger partial charge in [-0.25, -0.2) is 4.98 Å². The van der Waals surface area contributed by atoms with Crippen molar-refractivity contribution in [3.05, 3.63) is 6.20 Å². The minimum absolute atomic E-state index is 0.0197. The third-order valence-electron chi connectivity index (χ3n) is 2.38. The van der Waals surface area contributed by atoms with Crippen LogP contribution in [0, 0.1) is 0 Å². The quantitative estimate of drug-likeness (QED) is 0.834. The van der Waals surface area contributed by atoms with Gasteiger partial charge in [-0.3, -0.25) is 4.79 Å². The van der Waals surface area contributed by atoms with Gasteiger partial charge in [0, 0.05) is 20.5 Å². The molecule has 0 unspecified atom stereocenters. The number of carbonyl (C=O) groups excluding carboxylic acids is 1. The Bertz CT molecular complexity index is 407. The summed E-state index contributed by atoms with van der Waals surface area (Å²) in [7, 11) is 5.21. The van der Waals surface area contributed by atoms with Crippen LogP contribution in [0.3, 0.4) is 0 Å². The van der Waals surface area contributed by atoms with Crippen LogP contribution in [0.1, 0.15) is 26.2 Å². The number of carbonyl (C=O) groups is 1. The highest BCUT2D eigenvalue weighted by molar-refractivity contribution is 5.93. The fourth-order valence-corrected chi connectivity index (χ4v) is 1.43. The van der Waals surface area contributed by atoms with Crippen molar-refractivity contribution in [2.75, 3.05) is 31.4 Å². The van der Waals surface area contributed by atoms with Crippen molar-refractivity contribution < 1.29 is 9.53 Å². The first-order valence-corrected chi connectivity index (χ1v) is 5.96. The maximum Gasteiger partial charge on any atom is 0.318 e. The maximum atomic E-state index is 11.7. The lowest BCUT2D eigenvalue weighted by Gasteiger charge is -2.16. The SMILES string of the molecule is CCCCC(=O)Nc1cnc(OC)nc1N(C)C. The topological polar surface area (TPSA) is 67.3 Å². The van der Waals surface area contributed by atoms with Gasteiger partial charge >= 0.3 is 6.01 Å². The number of aromatic nitrogens is 2. The summed E-state index contributed by atoms with van der Waals surface area (Å²) in [5.41, 5.74) is 0.599. The second kappa shape index (κ2) is 6.78. The molecule has 1 aromatic rings. The summed E-state index contributed by atoms with van der Waals surface area (Å²) < 4.78 is 4.97. The molecule has 1 amide bonds. The summed E-state index contributed by atoms with van der Waals surface area (Å²) in [6.45, 7) is 2.05. The molecule has 0 atom stereocenters. The zero-order valence-corrected chi connectivity index (χ0v) is 11.4. The highest BCUT2D eigenvalue weighted by Crippen LogP contribution is 2.23. The van der Waals surface area contributed by atoms with E-state index in [0.29, 0.717) is 17.9 Å². The number of nitrogens with zero attached hydrogens (tertiary/aromatic N) is 3. The Morgan fingerprint density at radius 1 is 1.50 bits per heavy atom. The zero-order valence-electron chi connectivity index (χ0n) is 11.4. The van der Waals surface area contributed by atoms with Crippen molar-refractivity contribution >= 4 is 17.4 Å². The predicted octanol–water partition coefficient (Wildman–Crippen LogP) is 1.68. The maximum absolute atomic E-state index is 11.7. The normalized spacial score (nSPS) is 10.0. The van der Waals surface area contributed by atoms with Gasteiger partial charge in [0.2, 0.25) is 5.91 Å². The van der Waals surface area contributed by atoms with Crippen LogP contribution in [0.4, 0.5) is 11.5 Å². The molecule has 6 nitrogen and oxygen atoms in total. The van der Waals surface area contributed by atoms with Crippen LogP contribution in [-0.2, 0) is 4.79 Å². The lowest BCUT2D eigenvalue weighted by molar-refractivity contribution is -0.116. The minimum atomic E-state index is -0.0197. The molecule has 0 radical (unpaired) electrons. The van der Waals surface area contributed by atoms with E-state index < -0.39 is 0 Å². The molecule has 0 bridgehead atoms. The van der Waals surface area contributed by atoms with Crippen molar-refractivity contribution in [1.29, 1.82) is 0 Å². The third-order valence-corrected chi connectivity index (χ3v) is 2.38. The Kier molecular flexibility index (Phi) is 5.35. The van der Waals surface area contributed by atoms with Crippen LogP contribution in [0.15, 0.2) is 6.20 Å². The van der Waals surface area contributed by atoms with Gasteiger partial charge in [0.15, 0.2) is 5.82 Å². The van der Waals surface area contributed by atoms with Crippen LogP contribution in [0.25, 0.3) is 0 Å². The van der Waals surface area contributed by atoms with Crippen molar-refractivity contribution in [1.82, 2.24) is 9.97 Å². The highest BCUT2D eigenvalue weighted by Gasteiger charge is 2.12. The Morgan fingerprint density at radius 2 is 2.22 bits per heavy atom.